The number of hydrogen-bond acceptors (Lipinski definition) is 6. The van der Waals surface area contributed by atoms with E-state index in [-0.39, 0.29) is 11.1 Å². The molecule has 0 radical (unpaired) electrons. The van der Waals surface area contributed by atoms with Crippen LogP contribution >= 0.6 is 0 Å². The molecule has 24 heavy (non-hydrogen) atoms. The predicted octanol–water partition coefficient (Wildman–Crippen LogP) is 2.39. The number of benzene rings is 1. The Morgan fingerprint density at radius 3 is 2.46 bits per heavy atom. The number of furan rings is 1. The normalized spacial score (nSPS) is 15.3. The highest BCUT2D eigenvalue weighted by atomic mass is 16.7. The molecule has 122 valence electrons. The Morgan fingerprint density at radius 1 is 1.17 bits per heavy atom. The number of oxime groups is 1. The zero-order valence-corrected chi connectivity index (χ0v) is 13.0. The predicted molar refractivity (Wildman–Crippen MR) is 87.0 cm³/mol. The van der Waals surface area contributed by atoms with Crippen molar-refractivity contribution in [3.05, 3.63) is 58.9 Å². The molecule has 1 N–H and O–H groups in total. The minimum atomic E-state index is -1.02. The van der Waals surface area contributed by atoms with E-state index in [1.165, 1.54) is 12.1 Å². The first-order valence-electron chi connectivity index (χ1n) is 7.08. The number of rotatable bonds is 4. The summed E-state index contributed by atoms with van der Waals surface area (Å²) in [5, 5.41) is 12.7. The van der Waals surface area contributed by atoms with Crippen molar-refractivity contribution in [1.29, 1.82) is 0 Å². The van der Waals surface area contributed by atoms with Gasteiger partial charge in [0.15, 0.2) is 5.88 Å². The lowest BCUT2D eigenvalue weighted by Gasteiger charge is -2.06. The summed E-state index contributed by atoms with van der Waals surface area (Å²) in [4.78, 5) is 29.4. The number of anilines is 1. The number of carbonyl (C=O) groups is 2. The Bertz CT molecular complexity index is 859. The molecule has 1 aromatic carbocycles. The van der Waals surface area contributed by atoms with Crippen molar-refractivity contribution in [1.82, 2.24) is 0 Å². The largest absolute Gasteiger partial charge is 0.478 e. The van der Waals surface area contributed by atoms with Gasteiger partial charge in [0.2, 0.25) is 0 Å². The maximum Gasteiger partial charge on any atom is 0.368 e. The summed E-state index contributed by atoms with van der Waals surface area (Å²) in [7, 11) is 3.69. The van der Waals surface area contributed by atoms with Crippen molar-refractivity contribution in [2.45, 2.75) is 0 Å². The first-order chi connectivity index (χ1) is 11.5. The molecule has 0 fully saturated rings. The lowest BCUT2D eigenvalue weighted by molar-refractivity contribution is -0.136. The average molecular weight is 326 g/mol. The van der Waals surface area contributed by atoms with Crippen LogP contribution in [-0.2, 0) is 9.63 Å². The van der Waals surface area contributed by atoms with Gasteiger partial charge in [0, 0.05) is 25.7 Å². The van der Waals surface area contributed by atoms with Crippen molar-refractivity contribution < 1.29 is 24.0 Å². The number of hydrogen-bond donors (Lipinski definition) is 1. The smallest absolute Gasteiger partial charge is 0.368 e. The summed E-state index contributed by atoms with van der Waals surface area (Å²) in [6.07, 6.45) is 1.55. The van der Waals surface area contributed by atoms with E-state index in [1.54, 1.807) is 35.2 Å². The van der Waals surface area contributed by atoms with Crippen LogP contribution in [0, 0.1) is 0 Å². The Balaban J connectivity index is 1.93. The van der Waals surface area contributed by atoms with Gasteiger partial charge < -0.3 is 19.3 Å². The Labute approximate surface area is 137 Å². The number of carbonyl (C=O) groups excluding carboxylic acids is 1. The molecule has 3 rings (SSSR count). The van der Waals surface area contributed by atoms with Crippen molar-refractivity contribution in [2.75, 3.05) is 19.0 Å². The minimum absolute atomic E-state index is 0.150. The standard InChI is InChI=1S/C17H14N2O5/c1-19(2)14-8-7-12(23-14)9-13-15(18-24-17(13)22)10-3-5-11(6-4-10)16(20)21/h3-9H,1-2H3,(H,20,21)/b13-9-. The number of carboxylic acid groups (broad SMARTS) is 1. The van der Waals surface area contributed by atoms with Gasteiger partial charge in [0.1, 0.15) is 11.5 Å². The zero-order valence-electron chi connectivity index (χ0n) is 13.0. The lowest BCUT2D eigenvalue weighted by atomic mass is 10.0. The first-order valence-corrected chi connectivity index (χ1v) is 7.08. The molecule has 1 aliphatic rings. The highest BCUT2D eigenvalue weighted by Crippen LogP contribution is 2.24. The quantitative estimate of drug-likeness (QED) is 0.685. The van der Waals surface area contributed by atoms with E-state index in [2.05, 4.69) is 5.16 Å². The Kier molecular flexibility index (Phi) is 3.91. The maximum atomic E-state index is 11.9. The van der Waals surface area contributed by atoms with E-state index in [0.29, 0.717) is 22.9 Å². The number of carboxylic acids is 1. The molecule has 2 heterocycles. The summed E-state index contributed by atoms with van der Waals surface area (Å²) >= 11 is 0. The summed E-state index contributed by atoms with van der Waals surface area (Å²) < 4.78 is 5.60. The molecular formula is C17H14N2O5. The van der Waals surface area contributed by atoms with E-state index in [0.717, 1.165) is 0 Å². The van der Waals surface area contributed by atoms with Crippen LogP contribution < -0.4 is 4.90 Å². The van der Waals surface area contributed by atoms with Gasteiger partial charge in [-0.15, -0.1) is 0 Å². The third kappa shape index (κ3) is 2.91. The second-order valence-electron chi connectivity index (χ2n) is 5.33. The van der Waals surface area contributed by atoms with E-state index < -0.39 is 11.9 Å². The van der Waals surface area contributed by atoms with Crippen LogP contribution in [0.5, 0.6) is 0 Å². The molecule has 0 unspecified atom stereocenters. The minimum Gasteiger partial charge on any atom is -0.478 e. The molecule has 7 nitrogen and oxygen atoms in total. The fraction of sp³-hybridized carbons (Fsp3) is 0.118. The molecule has 0 atom stereocenters. The second-order valence-corrected chi connectivity index (χ2v) is 5.33. The molecule has 7 heteroatoms. The lowest BCUT2D eigenvalue weighted by Crippen LogP contribution is -2.07. The fourth-order valence-electron chi connectivity index (χ4n) is 2.19. The van der Waals surface area contributed by atoms with Gasteiger partial charge in [0.05, 0.1) is 11.1 Å². The molecule has 0 saturated carbocycles. The first kappa shape index (κ1) is 15.5. The topological polar surface area (TPSA) is 92.3 Å². The van der Waals surface area contributed by atoms with Gasteiger partial charge in [-0.3, -0.25) is 0 Å². The summed E-state index contributed by atoms with van der Waals surface area (Å²) in [5.74, 6) is -0.472. The third-order valence-electron chi connectivity index (χ3n) is 3.44. The van der Waals surface area contributed by atoms with Gasteiger partial charge >= 0.3 is 11.9 Å². The van der Waals surface area contributed by atoms with Gasteiger partial charge in [-0.2, -0.15) is 0 Å². The van der Waals surface area contributed by atoms with E-state index >= 15 is 0 Å². The molecule has 0 saturated heterocycles. The second kappa shape index (κ2) is 6.04. The van der Waals surface area contributed by atoms with Crippen LogP contribution in [0.25, 0.3) is 6.08 Å². The summed E-state index contributed by atoms with van der Waals surface area (Å²) in [6, 6.07) is 9.55. The SMILES string of the molecule is CN(C)c1ccc(/C=C2\C(=O)ON=C2c2ccc(C(=O)O)cc2)o1. The van der Waals surface area contributed by atoms with Crippen molar-refractivity contribution in [3.63, 3.8) is 0 Å². The Morgan fingerprint density at radius 2 is 1.88 bits per heavy atom. The Hall–Kier alpha value is -3.35. The van der Waals surface area contributed by atoms with Crippen LogP contribution in [0.2, 0.25) is 0 Å². The summed E-state index contributed by atoms with van der Waals surface area (Å²) in [5.41, 5.74) is 1.31. The van der Waals surface area contributed by atoms with Crippen LogP contribution in [0.3, 0.4) is 0 Å². The molecule has 0 amide bonds. The number of nitrogens with zero attached hydrogens (tertiary/aromatic N) is 2. The highest BCUT2D eigenvalue weighted by Gasteiger charge is 2.27. The molecule has 0 spiro atoms. The van der Waals surface area contributed by atoms with Crippen molar-refractivity contribution >= 4 is 29.6 Å². The third-order valence-corrected chi connectivity index (χ3v) is 3.44. The van der Waals surface area contributed by atoms with Crippen LogP contribution in [-0.4, -0.2) is 36.9 Å². The maximum absolute atomic E-state index is 11.9. The van der Waals surface area contributed by atoms with Gasteiger partial charge in [-0.1, -0.05) is 17.3 Å². The molecule has 0 aliphatic carbocycles. The van der Waals surface area contributed by atoms with Crippen molar-refractivity contribution in [2.24, 2.45) is 5.16 Å². The average Bonchev–Trinajstić information content (AvgIpc) is 3.16. The molecule has 1 aliphatic heterocycles. The van der Waals surface area contributed by atoms with Crippen molar-refractivity contribution in [3.8, 4) is 0 Å². The van der Waals surface area contributed by atoms with Crippen LogP contribution in [0.4, 0.5) is 5.88 Å². The molecule has 2 aromatic rings. The van der Waals surface area contributed by atoms with Crippen LogP contribution in [0.1, 0.15) is 21.7 Å². The van der Waals surface area contributed by atoms with E-state index in [9.17, 15) is 9.59 Å². The highest BCUT2D eigenvalue weighted by molar-refractivity contribution is 6.31. The van der Waals surface area contributed by atoms with Gasteiger partial charge in [-0.25, -0.2) is 9.59 Å². The van der Waals surface area contributed by atoms with E-state index in [4.69, 9.17) is 14.4 Å². The zero-order chi connectivity index (χ0) is 17.3. The van der Waals surface area contributed by atoms with E-state index in [1.807, 2.05) is 14.1 Å². The van der Waals surface area contributed by atoms with Gasteiger partial charge in [0.25, 0.3) is 0 Å². The van der Waals surface area contributed by atoms with Gasteiger partial charge in [-0.05, 0) is 24.3 Å². The monoisotopic (exact) mass is 326 g/mol. The molecular weight excluding hydrogens is 312 g/mol. The fourth-order valence-corrected chi connectivity index (χ4v) is 2.19. The number of aromatic carboxylic acids is 1. The summed E-state index contributed by atoms with van der Waals surface area (Å²) in [6.45, 7) is 0. The molecule has 1 aromatic heterocycles. The molecule has 0 bridgehead atoms. The van der Waals surface area contributed by atoms with Crippen LogP contribution in [0.15, 0.2) is 51.5 Å².